The molecule has 0 saturated heterocycles. The molecule has 2 aromatic rings. The zero-order valence-electron chi connectivity index (χ0n) is 9.88. The van der Waals surface area contributed by atoms with Crippen LogP contribution in [0, 0.1) is 11.6 Å². The van der Waals surface area contributed by atoms with Crippen LogP contribution in [0.1, 0.15) is 10.4 Å². The Kier molecular flexibility index (Phi) is 4.11. The van der Waals surface area contributed by atoms with E-state index in [0.29, 0.717) is 11.8 Å². The van der Waals surface area contributed by atoms with E-state index >= 15 is 0 Å². The summed E-state index contributed by atoms with van der Waals surface area (Å²) in [5.74, 6) is -2.49. The van der Waals surface area contributed by atoms with Gasteiger partial charge in [-0.15, -0.1) is 0 Å². The Morgan fingerprint density at radius 1 is 1.10 bits per heavy atom. The average molecular weight is 317 g/mol. The molecule has 2 rings (SSSR count). The van der Waals surface area contributed by atoms with Crippen molar-refractivity contribution in [1.82, 2.24) is 0 Å². The fourth-order valence-electron chi connectivity index (χ4n) is 1.56. The summed E-state index contributed by atoms with van der Waals surface area (Å²) in [5, 5.41) is 2.11. The number of nitrogen functional groups attached to an aromatic ring is 1. The van der Waals surface area contributed by atoms with Crippen molar-refractivity contribution in [3.05, 3.63) is 57.6 Å². The van der Waals surface area contributed by atoms with Crippen molar-refractivity contribution in [2.75, 3.05) is 11.1 Å². The van der Waals surface area contributed by atoms with E-state index in [-0.39, 0.29) is 21.3 Å². The van der Waals surface area contributed by atoms with Crippen molar-refractivity contribution in [1.29, 1.82) is 0 Å². The zero-order valence-corrected chi connectivity index (χ0v) is 11.4. The molecule has 1 amide bonds. The van der Waals surface area contributed by atoms with Crippen LogP contribution in [0.3, 0.4) is 0 Å². The lowest BCUT2D eigenvalue weighted by Gasteiger charge is -2.10. The van der Waals surface area contributed by atoms with Gasteiger partial charge in [-0.1, -0.05) is 23.2 Å². The van der Waals surface area contributed by atoms with Gasteiger partial charge in [0.2, 0.25) is 0 Å². The van der Waals surface area contributed by atoms with Gasteiger partial charge in [-0.3, -0.25) is 4.79 Å². The summed E-state index contributed by atoms with van der Waals surface area (Å²) in [5.41, 5.74) is 5.68. The van der Waals surface area contributed by atoms with Crippen LogP contribution in [0.4, 0.5) is 20.2 Å². The third-order valence-electron chi connectivity index (χ3n) is 2.48. The molecule has 0 bridgehead atoms. The Balaban J connectivity index is 2.33. The van der Waals surface area contributed by atoms with Crippen LogP contribution in [0.15, 0.2) is 30.3 Å². The van der Waals surface area contributed by atoms with Crippen molar-refractivity contribution in [3.8, 4) is 0 Å². The molecule has 3 nitrogen and oxygen atoms in total. The molecule has 0 spiro atoms. The predicted octanol–water partition coefficient (Wildman–Crippen LogP) is 4.11. The molecule has 104 valence electrons. The zero-order chi connectivity index (χ0) is 14.9. The number of hydrogen-bond acceptors (Lipinski definition) is 2. The SMILES string of the molecule is Nc1ccc(C(=O)Nc2c(F)cc(F)cc2Cl)c(Cl)c1. The third-order valence-corrected chi connectivity index (χ3v) is 3.09. The highest BCUT2D eigenvalue weighted by atomic mass is 35.5. The van der Waals surface area contributed by atoms with Gasteiger partial charge < -0.3 is 11.1 Å². The van der Waals surface area contributed by atoms with Crippen molar-refractivity contribution in [2.24, 2.45) is 0 Å². The van der Waals surface area contributed by atoms with Crippen molar-refractivity contribution in [2.45, 2.75) is 0 Å². The monoisotopic (exact) mass is 316 g/mol. The molecule has 0 fully saturated rings. The molecule has 0 heterocycles. The number of rotatable bonds is 2. The van der Waals surface area contributed by atoms with Crippen LogP contribution < -0.4 is 11.1 Å². The lowest BCUT2D eigenvalue weighted by Crippen LogP contribution is -2.14. The molecule has 3 N–H and O–H groups in total. The maximum atomic E-state index is 13.6. The Morgan fingerprint density at radius 2 is 1.80 bits per heavy atom. The summed E-state index contributed by atoms with van der Waals surface area (Å²) in [4.78, 5) is 12.0. The summed E-state index contributed by atoms with van der Waals surface area (Å²) in [6, 6.07) is 5.77. The molecule has 0 atom stereocenters. The first-order valence-electron chi connectivity index (χ1n) is 5.39. The molecular formula is C13H8Cl2F2N2O. The van der Waals surface area contributed by atoms with E-state index in [1.807, 2.05) is 0 Å². The Morgan fingerprint density at radius 3 is 2.40 bits per heavy atom. The molecule has 0 unspecified atom stereocenters. The van der Waals surface area contributed by atoms with Gasteiger partial charge in [0.05, 0.1) is 21.3 Å². The normalized spacial score (nSPS) is 10.4. The minimum Gasteiger partial charge on any atom is -0.399 e. The van der Waals surface area contributed by atoms with Crippen LogP contribution >= 0.6 is 23.2 Å². The Hall–Kier alpha value is -1.85. The van der Waals surface area contributed by atoms with Gasteiger partial charge in [0.1, 0.15) is 5.82 Å². The van der Waals surface area contributed by atoms with Crippen LogP contribution in [-0.2, 0) is 0 Å². The smallest absolute Gasteiger partial charge is 0.257 e. The van der Waals surface area contributed by atoms with E-state index in [1.165, 1.54) is 18.2 Å². The molecule has 0 aliphatic rings. The summed E-state index contributed by atoms with van der Waals surface area (Å²) >= 11 is 11.6. The minimum absolute atomic E-state index is 0.0978. The maximum Gasteiger partial charge on any atom is 0.257 e. The number of nitrogens with one attached hydrogen (secondary N) is 1. The lowest BCUT2D eigenvalue weighted by molar-refractivity contribution is 0.102. The van der Waals surface area contributed by atoms with E-state index in [9.17, 15) is 13.6 Å². The molecule has 7 heteroatoms. The topological polar surface area (TPSA) is 55.1 Å². The molecule has 2 aromatic carbocycles. The Bertz CT molecular complexity index is 669. The molecule has 0 aliphatic heterocycles. The number of amides is 1. The van der Waals surface area contributed by atoms with Crippen molar-refractivity contribution >= 4 is 40.5 Å². The highest BCUT2D eigenvalue weighted by Crippen LogP contribution is 2.28. The quantitative estimate of drug-likeness (QED) is 0.819. The third kappa shape index (κ3) is 3.00. The van der Waals surface area contributed by atoms with Crippen LogP contribution in [0.5, 0.6) is 0 Å². The van der Waals surface area contributed by atoms with Gasteiger partial charge in [-0.05, 0) is 24.3 Å². The first kappa shape index (κ1) is 14.6. The predicted molar refractivity (Wildman–Crippen MR) is 75.2 cm³/mol. The first-order valence-corrected chi connectivity index (χ1v) is 6.15. The highest BCUT2D eigenvalue weighted by Gasteiger charge is 2.16. The second-order valence-electron chi connectivity index (χ2n) is 3.94. The minimum atomic E-state index is -0.977. The molecule has 0 saturated carbocycles. The fraction of sp³-hybridized carbons (Fsp3) is 0. The number of hydrogen-bond donors (Lipinski definition) is 2. The number of benzene rings is 2. The molecule has 20 heavy (non-hydrogen) atoms. The maximum absolute atomic E-state index is 13.6. The van der Waals surface area contributed by atoms with E-state index in [4.69, 9.17) is 28.9 Å². The molecular weight excluding hydrogens is 309 g/mol. The number of halogens is 4. The molecule has 0 aliphatic carbocycles. The summed E-state index contributed by atoms with van der Waals surface area (Å²) < 4.78 is 26.5. The summed E-state index contributed by atoms with van der Waals surface area (Å²) in [6.45, 7) is 0. The highest BCUT2D eigenvalue weighted by molar-refractivity contribution is 6.36. The van der Waals surface area contributed by atoms with Gasteiger partial charge in [-0.25, -0.2) is 8.78 Å². The van der Waals surface area contributed by atoms with Crippen LogP contribution in [0.25, 0.3) is 0 Å². The van der Waals surface area contributed by atoms with E-state index in [1.54, 1.807) is 0 Å². The number of nitrogens with two attached hydrogens (primary N) is 1. The lowest BCUT2D eigenvalue weighted by atomic mass is 10.2. The van der Waals surface area contributed by atoms with Gasteiger partial charge in [-0.2, -0.15) is 0 Å². The van der Waals surface area contributed by atoms with Gasteiger partial charge in [0.15, 0.2) is 5.82 Å². The second-order valence-corrected chi connectivity index (χ2v) is 4.75. The van der Waals surface area contributed by atoms with Crippen LogP contribution in [-0.4, -0.2) is 5.91 Å². The van der Waals surface area contributed by atoms with Crippen LogP contribution in [0.2, 0.25) is 10.0 Å². The molecule has 0 aromatic heterocycles. The van der Waals surface area contributed by atoms with Gasteiger partial charge >= 0.3 is 0 Å². The first-order chi connectivity index (χ1) is 9.38. The standard InChI is InChI=1S/C13H8Cl2F2N2O/c14-9-5-7(18)1-2-8(9)13(20)19-12-10(15)3-6(16)4-11(12)17/h1-5H,18H2,(H,19,20). The second kappa shape index (κ2) is 5.64. The molecule has 0 radical (unpaired) electrons. The number of carbonyl (C=O) groups excluding carboxylic acids is 1. The van der Waals surface area contributed by atoms with Gasteiger partial charge in [0, 0.05) is 11.8 Å². The Labute approximate surface area is 123 Å². The number of carbonyl (C=O) groups is 1. The largest absolute Gasteiger partial charge is 0.399 e. The van der Waals surface area contributed by atoms with Gasteiger partial charge in [0.25, 0.3) is 5.91 Å². The van der Waals surface area contributed by atoms with E-state index in [2.05, 4.69) is 5.32 Å². The summed E-state index contributed by atoms with van der Waals surface area (Å²) in [6.07, 6.45) is 0. The average Bonchev–Trinajstić information content (AvgIpc) is 2.33. The van der Waals surface area contributed by atoms with Crippen molar-refractivity contribution < 1.29 is 13.6 Å². The number of anilines is 2. The van der Waals surface area contributed by atoms with E-state index in [0.717, 1.165) is 6.07 Å². The fourth-order valence-corrected chi connectivity index (χ4v) is 2.07. The van der Waals surface area contributed by atoms with Crippen molar-refractivity contribution in [3.63, 3.8) is 0 Å². The summed E-state index contributed by atoms with van der Waals surface area (Å²) in [7, 11) is 0. The van der Waals surface area contributed by atoms with E-state index < -0.39 is 17.5 Å².